The highest BCUT2D eigenvalue weighted by Gasteiger charge is 2.19. The van der Waals surface area contributed by atoms with E-state index >= 15 is 0 Å². The molecule has 0 spiro atoms. The lowest BCUT2D eigenvalue weighted by Crippen LogP contribution is -2.33. The van der Waals surface area contributed by atoms with Crippen molar-refractivity contribution >= 4 is 0 Å². The topological polar surface area (TPSA) is 12.0 Å². The van der Waals surface area contributed by atoms with E-state index in [2.05, 4.69) is 18.2 Å². The zero-order valence-electron chi connectivity index (χ0n) is 9.39. The minimum absolute atomic E-state index is 0.747. The third-order valence-corrected chi connectivity index (χ3v) is 3.25. The van der Waals surface area contributed by atoms with E-state index in [-0.39, 0.29) is 0 Å². The van der Waals surface area contributed by atoms with Crippen molar-refractivity contribution in [2.75, 3.05) is 6.54 Å². The molecule has 1 aliphatic carbocycles. The van der Waals surface area contributed by atoms with Crippen LogP contribution in [-0.4, -0.2) is 12.6 Å². The molecule has 0 aromatic carbocycles. The van der Waals surface area contributed by atoms with E-state index in [1.54, 1.807) is 0 Å². The Labute approximate surface area is 88.7 Å². The molecule has 0 radical (unpaired) electrons. The van der Waals surface area contributed by atoms with Crippen LogP contribution in [-0.2, 0) is 0 Å². The first kappa shape index (κ1) is 11.6. The first-order valence-electron chi connectivity index (χ1n) is 6.03. The minimum atomic E-state index is 0.747. The molecule has 0 bridgehead atoms. The quantitative estimate of drug-likeness (QED) is 0.523. The Morgan fingerprint density at radius 1 is 1.29 bits per heavy atom. The van der Waals surface area contributed by atoms with Crippen LogP contribution < -0.4 is 5.32 Å². The molecule has 1 heteroatoms. The highest BCUT2D eigenvalue weighted by atomic mass is 14.9. The molecule has 1 nitrogen and oxygen atoms in total. The fourth-order valence-electron chi connectivity index (χ4n) is 2.41. The summed E-state index contributed by atoms with van der Waals surface area (Å²) in [6, 6.07) is 0.747. The maximum absolute atomic E-state index is 5.22. The van der Waals surface area contributed by atoms with Crippen molar-refractivity contribution in [3.63, 3.8) is 0 Å². The van der Waals surface area contributed by atoms with Gasteiger partial charge in [0.1, 0.15) is 0 Å². The predicted octanol–water partition coefficient (Wildman–Crippen LogP) is 2.96. The highest BCUT2D eigenvalue weighted by Crippen LogP contribution is 2.27. The Morgan fingerprint density at radius 2 is 2.00 bits per heavy atom. The lowest BCUT2D eigenvalue weighted by molar-refractivity contribution is 0.280. The molecular weight excluding hydrogens is 170 g/mol. The number of hydrogen-bond donors (Lipinski definition) is 1. The van der Waals surface area contributed by atoms with Gasteiger partial charge < -0.3 is 5.32 Å². The van der Waals surface area contributed by atoms with Crippen LogP contribution in [0, 0.1) is 18.3 Å². The molecule has 1 N–H and O–H groups in total. The van der Waals surface area contributed by atoms with Gasteiger partial charge >= 0.3 is 0 Å². The van der Waals surface area contributed by atoms with Gasteiger partial charge in [-0.25, -0.2) is 0 Å². The van der Waals surface area contributed by atoms with Crippen molar-refractivity contribution in [2.45, 2.75) is 57.9 Å². The van der Waals surface area contributed by atoms with Crippen LogP contribution in [0.3, 0.4) is 0 Å². The molecule has 0 aliphatic heterocycles. The second kappa shape index (κ2) is 6.90. The van der Waals surface area contributed by atoms with Crippen LogP contribution >= 0.6 is 0 Å². The summed E-state index contributed by atoms with van der Waals surface area (Å²) in [7, 11) is 0. The summed E-state index contributed by atoms with van der Waals surface area (Å²) < 4.78 is 0. The Bertz CT molecular complexity index is 172. The molecule has 14 heavy (non-hydrogen) atoms. The zero-order chi connectivity index (χ0) is 10.2. The zero-order valence-corrected chi connectivity index (χ0v) is 9.39. The SMILES string of the molecule is C#CCCNC1CCC(CCC)CC1. The Hall–Kier alpha value is -0.480. The molecule has 0 aromatic rings. The molecular formula is C13H23N. The summed E-state index contributed by atoms with van der Waals surface area (Å²) in [5.74, 6) is 3.68. The van der Waals surface area contributed by atoms with Crippen LogP contribution in [0.25, 0.3) is 0 Å². The average molecular weight is 193 g/mol. The summed E-state index contributed by atoms with van der Waals surface area (Å²) >= 11 is 0. The van der Waals surface area contributed by atoms with Gasteiger partial charge in [0.05, 0.1) is 0 Å². The van der Waals surface area contributed by atoms with Gasteiger partial charge in [0.25, 0.3) is 0 Å². The molecule has 80 valence electrons. The standard InChI is InChI=1S/C13H23N/c1-3-5-11-14-13-9-7-12(6-4-2)8-10-13/h1,12-14H,4-11H2,2H3. The smallest absolute Gasteiger partial charge is 0.0211 e. The molecule has 0 heterocycles. The lowest BCUT2D eigenvalue weighted by Gasteiger charge is -2.28. The van der Waals surface area contributed by atoms with E-state index in [1.807, 2.05) is 0 Å². The number of rotatable bonds is 5. The fraction of sp³-hybridized carbons (Fsp3) is 0.846. The van der Waals surface area contributed by atoms with Gasteiger partial charge in [-0.3, -0.25) is 0 Å². The Morgan fingerprint density at radius 3 is 2.57 bits per heavy atom. The summed E-state index contributed by atoms with van der Waals surface area (Å²) in [6.45, 7) is 3.29. The molecule has 1 aliphatic rings. The first-order chi connectivity index (χ1) is 6.86. The molecule has 0 atom stereocenters. The summed E-state index contributed by atoms with van der Waals surface area (Å²) in [6.07, 6.45) is 14.4. The minimum Gasteiger partial charge on any atom is -0.313 e. The Kier molecular flexibility index (Phi) is 5.71. The molecule has 0 amide bonds. The van der Waals surface area contributed by atoms with Crippen molar-refractivity contribution in [1.82, 2.24) is 5.32 Å². The largest absolute Gasteiger partial charge is 0.313 e. The maximum atomic E-state index is 5.22. The predicted molar refractivity (Wildman–Crippen MR) is 62.1 cm³/mol. The highest BCUT2D eigenvalue weighted by molar-refractivity contribution is 4.85. The Balaban J connectivity index is 2.07. The lowest BCUT2D eigenvalue weighted by atomic mass is 9.83. The van der Waals surface area contributed by atoms with Crippen molar-refractivity contribution in [1.29, 1.82) is 0 Å². The van der Waals surface area contributed by atoms with E-state index in [4.69, 9.17) is 6.42 Å². The van der Waals surface area contributed by atoms with Crippen LogP contribution in [0.1, 0.15) is 51.9 Å². The van der Waals surface area contributed by atoms with Crippen LogP contribution in [0.4, 0.5) is 0 Å². The van der Waals surface area contributed by atoms with Crippen molar-refractivity contribution in [3.05, 3.63) is 0 Å². The number of hydrogen-bond acceptors (Lipinski definition) is 1. The van der Waals surface area contributed by atoms with Gasteiger partial charge in [0.2, 0.25) is 0 Å². The molecule has 1 saturated carbocycles. The molecule has 1 rings (SSSR count). The van der Waals surface area contributed by atoms with E-state index in [1.165, 1.54) is 38.5 Å². The number of nitrogens with one attached hydrogen (secondary N) is 1. The average Bonchev–Trinajstić information content (AvgIpc) is 2.21. The second-order valence-electron chi connectivity index (χ2n) is 4.41. The van der Waals surface area contributed by atoms with E-state index in [0.717, 1.165) is 24.9 Å². The number of terminal acetylenes is 1. The van der Waals surface area contributed by atoms with E-state index < -0.39 is 0 Å². The molecule has 1 fully saturated rings. The van der Waals surface area contributed by atoms with Crippen LogP contribution in [0.5, 0.6) is 0 Å². The third kappa shape index (κ3) is 4.15. The summed E-state index contributed by atoms with van der Waals surface area (Å²) in [5.41, 5.74) is 0. The summed E-state index contributed by atoms with van der Waals surface area (Å²) in [4.78, 5) is 0. The van der Waals surface area contributed by atoms with Gasteiger partial charge in [0.15, 0.2) is 0 Å². The van der Waals surface area contributed by atoms with Gasteiger partial charge in [-0.1, -0.05) is 19.8 Å². The van der Waals surface area contributed by atoms with E-state index in [0.29, 0.717) is 0 Å². The van der Waals surface area contributed by atoms with Crippen LogP contribution in [0.15, 0.2) is 0 Å². The van der Waals surface area contributed by atoms with Crippen molar-refractivity contribution < 1.29 is 0 Å². The van der Waals surface area contributed by atoms with Gasteiger partial charge in [-0.15, -0.1) is 12.3 Å². The van der Waals surface area contributed by atoms with E-state index in [9.17, 15) is 0 Å². The monoisotopic (exact) mass is 193 g/mol. The first-order valence-corrected chi connectivity index (χ1v) is 6.03. The molecule has 0 unspecified atom stereocenters. The fourth-order valence-corrected chi connectivity index (χ4v) is 2.41. The maximum Gasteiger partial charge on any atom is 0.0211 e. The van der Waals surface area contributed by atoms with Gasteiger partial charge in [-0.05, 0) is 31.6 Å². The summed E-state index contributed by atoms with van der Waals surface area (Å²) in [5, 5.41) is 3.54. The van der Waals surface area contributed by atoms with Crippen molar-refractivity contribution in [2.24, 2.45) is 5.92 Å². The molecule has 0 aromatic heterocycles. The molecule has 0 saturated heterocycles. The van der Waals surface area contributed by atoms with Crippen molar-refractivity contribution in [3.8, 4) is 12.3 Å². The second-order valence-corrected chi connectivity index (χ2v) is 4.41. The van der Waals surface area contributed by atoms with Gasteiger partial charge in [0, 0.05) is 19.0 Å². The normalized spacial score (nSPS) is 27.1. The van der Waals surface area contributed by atoms with Gasteiger partial charge in [-0.2, -0.15) is 0 Å². The third-order valence-electron chi connectivity index (χ3n) is 3.25. The van der Waals surface area contributed by atoms with Crippen LogP contribution in [0.2, 0.25) is 0 Å².